The van der Waals surface area contributed by atoms with Crippen LogP contribution in [0.1, 0.15) is 13.3 Å². The van der Waals surface area contributed by atoms with E-state index in [0.29, 0.717) is 30.6 Å². The van der Waals surface area contributed by atoms with Gasteiger partial charge in [-0.3, -0.25) is 4.79 Å². The van der Waals surface area contributed by atoms with E-state index in [1.54, 1.807) is 7.11 Å². The Balaban J connectivity index is 1.70. The van der Waals surface area contributed by atoms with Gasteiger partial charge in [-0.2, -0.15) is 0 Å². The zero-order valence-electron chi connectivity index (χ0n) is 10.8. The van der Waals surface area contributed by atoms with Crippen LogP contribution in [-0.2, 0) is 4.79 Å². The van der Waals surface area contributed by atoms with Crippen LogP contribution in [-0.4, -0.2) is 26.2 Å². The van der Waals surface area contributed by atoms with Crippen molar-refractivity contribution in [3.05, 3.63) is 24.3 Å². The van der Waals surface area contributed by atoms with Gasteiger partial charge in [-0.05, 0) is 24.5 Å². The second kappa shape index (κ2) is 5.76. The average molecular weight is 249 g/mol. The molecule has 0 bridgehead atoms. The molecule has 4 heteroatoms. The quantitative estimate of drug-likeness (QED) is 0.783. The molecule has 1 saturated carbocycles. The Morgan fingerprint density at radius 3 is 2.67 bits per heavy atom. The Labute approximate surface area is 107 Å². The van der Waals surface area contributed by atoms with Gasteiger partial charge in [-0.15, -0.1) is 0 Å². The monoisotopic (exact) mass is 249 g/mol. The fraction of sp³-hybridized carbons (Fsp3) is 0.500. The fourth-order valence-electron chi connectivity index (χ4n) is 1.89. The molecule has 1 aromatic rings. The van der Waals surface area contributed by atoms with Gasteiger partial charge in [0, 0.05) is 5.92 Å². The first kappa shape index (κ1) is 12.7. The van der Waals surface area contributed by atoms with Gasteiger partial charge in [-0.1, -0.05) is 19.1 Å². The first-order valence-electron chi connectivity index (χ1n) is 6.26. The highest BCUT2D eigenvalue weighted by molar-refractivity contribution is 5.81. The number of benzene rings is 1. The average Bonchev–Trinajstić information content (AvgIpc) is 3.12. The number of nitrogens with one attached hydrogen (secondary N) is 1. The van der Waals surface area contributed by atoms with E-state index in [1.807, 2.05) is 24.3 Å². The molecule has 1 aliphatic carbocycles. The SMILES string of the molecule is COc1ccccc1OCCNC(=O)[C@H]1C[C@@H]1C. The zero-order valence-corrected chi connectivity index (χ0v) is 10.8. The maximum Gasteiger partial charge on any atom is 0.223 e. The van der Waals surface area contributed by atoms with Crippen molar-refractivity contribution in [3.8, 4) is 11.5 Å². The molecule has 2 rings (SSSR count). The molecule has 0 unspecified atom stereocenters. The van der Waals surface area contributed by atoms with Gasteiger partial charge in [0.15, 0.2) is 11.5 Å². The number of methoxy groups -OCH3 is 1. The van der Waals surface area contributed by atoms with Crippen LogP contribution in [0.2, 0.25) is 0 Å². The lowest BCUT2D eigenvalue weighted by Crippen LogP contribution is -2.29. The third-order valence-electron chi connectivity index (χ3n) is 3.17. The Hall–Kier alpha value is -1.71. The molecule has 2 atom stereocenters. The summed E-state index contributed by atoms with van der Waals surface area (Å²) in [6.45, 7) is 3.07. The summed E-state index contributed by atoms with van der Waals surface area (Å²) in [5.74, 6) is 2.32. The maximum atomic E-state index is 11.6. The third kappa shape index (κ3) is 3.15. The lowest BCUT2D eigenvalue weighted by Gasteiger charge is -2.10. The van der Waals surface area contributed by atoms with E-state index in [4.69, 9.17) is 9.47 Å². The normalized spacial score (nSPS) is 21.2. The van der Waals surface area contributed by atoms with Crippen molar-refractivity contribution in [1.82, 2.24) is 5.32 Å². The third-order valence-corrected chi connectivity index (χ3v) is 3.17. The Morgan fingerprint density at radius 2 is 2.06 bits per heavy atom. The second-order valence-corrected chi connectivity index (χ2v) is 4.61. The van der Waals surface area contributed by atoms with Gasteiger partial charge in [0.25, 0.3) is 0 Å². The molecule has 0 aromatic heterocycles. The summed E-state index contributed by atoms with van der Waals surface area (Å²) in [6, 6.07) is 7.48. The smallest absolute Gasteiger partial charge is 0.223 e. The van der Waals surface area contributed by atoms with Crippen LogP contribution in [0.3, 0.4) is 0 Å². The van der Waals surface area contributed by atoms with Crippen LogP contribution in [0.25, 0.3) is 0 Å². The van der Waals surface area contributed by atoms with Crippen molar-refractivity contribution in [2.45, 2.75) is 13.3 Å². The van der Waals surface area contributed by atoms with E-state index in [0.717, 1.165) is 6.42 Å². The number of carbonyl (C=O) groups excluding carboxylic acids is 1. The Morgan fingerprint density at radius 1 is 1.39 bits per heavy atom. The number of rotatable bonds is 6. The first-order chi connectivity index (χ1) is 8.72. The molecule has 1 aliphatic rings. The summed E-state index contributed by atoms with van der Waals surface area (Å²) in [5, 5.41) is 2.88. The van der Waals surface area contributed by atoms with Crippen LogP contribution in [0.4, 0.5) is 0 Å². The van der Waals surface area contributed by atoms with Crippen molar-refractivity contribution in [2.75, 3.05) is 20.3 Å². The van der Waals surface area contributed by atoms with E-state index in [1.165, 1.54) is 0 Å². The minimum atomic E-state index is 0.145. The standard InChI is InChI=1S/C14H19NO3/c1-10-9-11(10)14(16)15-7-8-18-13-6-4-3-5-12(13)17-2/h3-6,10-11H,7-9H2,1-2H3,(H,15,16)/t10-,11-/m0/s1. The summed E-state index contributed by atoms with van der Waals surface area (Å²) < 4.78 is 10.7. The number of ether oxygens (including phenoxy) is 2. The summed E-state index contributed by atoms with van der Waals surface area (Å²) in [5.41, 5.74) is 0. The van der Waals surface area contributed by atoms with Crippen LogP contribution < -0.4 is 14.8 Å². The van der Waals surface area contributed by atoms with Gasteiger partial charge in [0.2, 0.25) is 5.91 Å². The highest BCUT2D eigenvalue weighted by Crippen LogP contribution is 2.37. The molecular weight excluding hydrogens is 230 g/mol. The molecule has 0 saturated heterocycles. The minimum Gasteiger partial charge on any atom is -0.493 e. The van der Waals surface area contributed by atoms with Gasteiger partial charge >= 0.3 is 0 Å². The molecule has 1 N–H and O–H groups in total. The number of carbonyl (C=O) groups is 1. The van der Waals surface area contributed by atoms with Crippen LogP contribution >= 0.6 is 0 Å². The predicted octanol–water partition coefficient (Wildman–Crippen LogP) is 1.85. The van der Waals surface area contributed by atoms with Crippen molar-refractivity contribution >= 4 is 5.91 Å². The molecule has 1 fully saturated rings. The predicted molar refractivity (Wildman–Crippen MR) is 68.8 cm³/mol. The second-order valence-electron chi connectivity index (χ2n) is 4.61. The number of para-hydroxylation sites is 2. The van der Waals surface area contributed by atoms with Crippen LogP contribution in [0, 0.1) is 11.8 Å². The molecule has 98 valence electrons. The van der Waals surface area contributed by atoms with Crippen molar-refractivity contribution < 1.29 is 14.3 Å². The van der Waals surface area contributed by atoms with Crippen LogP contribution in [0.5, 0.6) is 11.5 Å². The Kier molecular flexibility index (Phi) is 4.07. The van der Waals surface area contributed by atoms with E-state index in [2.05, 4.69) is 12.2 Å². The fourth-order valence-corrected chi connectivity index (χ4v) is 1.89. The minimum absolute atomic E-state index is 0.145. The van der Waals surface area contributed by atoms with Gasteiger partial charge in [0.05, 0.1) is 13.7 Å². The molecule has 18 heavy (non-hydrogen) atoms. The summed E-state index contributed by atoms with van der Waals surface area (Å²) >= 11 is 0. The highest BCUT2D eigenvalue weighted by Gasteiger charge is 2.38. The van der Waals surface area contributed by atoms with Crippen molar-refractivity contribution in [1.29, 1.82) is 0 Å². The molecule has 0 radical (unpaired) electrons. The zero-order chi connectivity index (χ0) is 13.0. The lowest BCUT2D eigenvalue weighted by molar-refractivity contribution is -0.122. The van der Waals surface area contributed by atoms with Crippen molar-refractivity contribution in [2.24, 2.45) is 11.8 Å². The van der Waals surface area contributed by atoms with E-state index in [-0.39, 0.29) is 11.8 Å². The van der Waals surface area contributed by atoms with Gasteiger partial charge in [0.1, 0.15) is 6.61 Å². The van der Waals surface area contributed by atoms with Gasteiger partial charge in [-0.25, -0.2) is 0 Å². The van der Waals surface area contributed by atoms with E-state index in [9.17, 15) is 4.79 Å². The van der Waals surface area contributed by atoms with E-state index >= 15 is 0 Å². The summed E-state index contributed by atoms with van der Waals surface area (Å²) in [4.78, 5) is 11.6. The molecule has 0 aliphatic heterocycles. The molecular formula is C14H19NO3. The molecule has 0 spiro atoms. The summed E-state index contributed by atoms with van der Waals surface area (Å²) in [7, 11) is 1.61. The number of amides is 1. The molecule has 1 amide bonds. The van der Waals surface area contributed by atoms with Crippen LogP contribution in [0.15, 0.2) is 24.3 Å². The number of hydrogen-bond acceptors (Lipinski definition) is 3. The van der Waals surface area contributed by atoms with E-state index < -0.39 is 0 Å². The maximum absolute atomic E-state index is 11.6. The van der Waals surface area contributed by atoms with Gasteiger partial charge < -0.3 is 14.8 Å². The largest absolute Gasteiger partial charge is 0.493 e. The molecule has 1 aromatic carbocycles. The highest BCUT2D eigenvalue weighted by atomic mass is 16.5. The Bertz CT molecular complexity index is 419. The molecule has 4 nitrogen and oxygen atoms in total. The first-order valence-corrected chi connectivity index (χ1v) is 6.26. The summed E-state index contributed by atoms with van der Waals surface area (Å²) in [6.07, 6.45) is 1.01. The molecule has 0 heterocycles. The van der Waals surface area contributed by atoms with Crippen molar-refractivity contribution in [3.63, 3.8) is 0 Å². The number of hydrogen-bond donors (Lipinski definition) is 1. The lowest BCUT2D eigenvalue weighted by atomic mass is 10.3. The topological polar surface area (TPSA) is 47.6 Å².